The number of aromatic nitrogens is 2. The van der Waals surface area contributed by atoms with Gasteiger partial charge in [0, 0.05) is 16.1 Å². The smallest absolute Gasteiger partial charge is 0.171 e. The molecule has 0 spiro atoms. The van der Waals surface area contributed by atoms with Crippen molar-refractivity contribution in [3.05, 3.63) is 33.4 Å². The molecule has 90 valence electrons. The van der Waals surface area contributed by atoms with E-state index < -0.39 is 0 Å². The van der Waals surface area contributed by atoms with Gasteiger partial charge < -0.3 is 0 Å². The summed E-state index contributed by atoms with van der Waals surface area (Å²) in [6.07, 6.45) is 0. The van der Waals surface area contributed by atoms with Crippen LogP contribution in [0.2, 0.25) is 5.15 Å². The summed E-state index contributed by atoms with van der Waals surface area (Å²) >= 11 is 7.93. The lowest BCUT2D eigenvalue weighted by Crippen LogP contribution is -2.01. The summed E-state index contributed by atoms with van der Waals surface area (Å²) in [7, 11) is 0. The van der Waals surface area contributed by atoms with Crippen molar-refractivity contribution in [1.29, 1.82) is 0 Å². The van der Waals surface area contributed by atoms with Crippen LogP contribution >= 0.6 is 22.9 Å². The second kappa shape index (κ2) is 4.75. The minimum absolute atomic E-state index is 0.349. The van der Waals surface area contributed by atoms with E-state index in [4.69, 9.17) is 11.6 Å². The molecule has 0 saturated carbocycles. The van der Waals surface area contributed by atoms with Crippen molar-refractivity contribution in [2.45, 2.75) is 33.6 Å². The number of halogens is 1. The maximum absolute atomic E-state index is 6.24. The summed E-state index contributed by atoms with van der Waals surface area (Å²) < 4.78 is 0. The van der Waals surface area contributed by atoms with Gasteiger partial charge in [-0.25, -0.2) is 9.97 Å². The maximum Gasteiger partial charge on any atom is 0.171 e. The van der Waals surface area contributed by atoms with Crippen LogP contribution in [0, 0.1) is 13.8 Å². The molecule has 4 heteroatoms. The Kier molecular flexibility index (Phi) is 3.50. The lowest BCUT2D eigenvalue weighted by Gasteiger charge is -2.11. The van der Waals surface area contributed by atoms with Crippen LogP contribution in [0.1, 0.15) is 35.9 Å². The summed E-state index contributed by atoms with van der Waals surface area (Å²) in [6.45, 7) is 8.27. The molecule has 2 aromatic heterocycles. The van der Waals surface area contributed by atoms with Crippen LogP contribution in [0.25, 0.3) is 10.7 Å². The molecule has 2 heterocycles. The highest BCUT2D eigenvalue weighted by molar-refractivity contribution is 7.15. The first-order valence-electron chi connectivity index (χ1n) is 5.60. The van der Waals surface area contributed by atoms with E-state index in [0.29, 0.717) is 11.1 Å². The van der Waals surface area contributed by atoms with Crippen molar-refractivity contribution in [3.8, 4) is 10.7 Å². The van der Waals surface area contributed by atoms with Gasteiger partial charge in [-0.05, 0) is 31.9 Å². The molecule has 0 amide bonds. The largest absolute Gasteiger partial charge is 0.232 e. The molecule has 0 aliphatic carbocycles. The first-order valence-corrected chi connectivity index (χ1v) is 6.79. The first-order chi connectivity index (χ1) is 7.99. The van der Waals surface area contributed by atoms with E-state index >= 15 is 0 Å². The second-order valence-corrected chi connectivity index (χ2v) is 6.05. The van der Waals surface area contributed by atoms with E-state index in [9.17, 15) is 0 Å². The quantitative estimate of drug-likeness (QED) is 0.743. The number of nitrogens with zero attached hydrogens (tertiary/aromatic N) is 2. The summed E-state index contributed by atoms with van der Waals surface area (Å²) in [5.41, 5.74) is 2.02. The Labute approximate surface area is 111 Å². The Bertz CT molecular complexity index is 523. The summed E-state index contributed by atoms with van der Waals surface area (Å²) in [6, 6.07) is 4.11. The van der Waals surface area contributed by atoms with E-state index in [1.165, 1.54) is 4.88 Å². The molecular formula is C13H15ClN2S. The molecule has 0 N–H and O–H groups in total. The van der Waals surface area contributed by atoms with Gasteiger partial charge in [0.15, 0.2) is 5.82 Å². The van der Waals surface area contributed by atoms with Crippen LogP contribution in [-0.2, 0) is 0 Å². The molecule has 0 aliphatic heterocycles. The average molecular weight is 267 g/mol. The Morgan fingerprint density at radius 3 is 2.35 bits per heavy atom. The van der Waals surface area contributed by atoms with E-state index in [-0.39, 0.29) is 0 Å². The SMILES string of the molecule is Cc1ccc(-c2nc(C)c(C(C)C)c(Cl)n2)s1. The lowest BCUT2D eigenvalue weighted by atomic mass is 10.0. The van der Waals surface area contributed by atoms with Gasteiger partial charge in [0.1, 0.15) is 5.15 Å². The van der Waals surface area contributed by atoms with Gasteiger partial charge in [0.2, 0.25) is 0 Å². The van der Waals surface area contributed by atoms with Crippen molar-refractivity contribution in [3.63, 3.8) is 0 Å². The topological polar surface area (TPSA) is 25.8 Å². The van der Waals surface area contributed by atoms with Crippen molar-refractivity contribution in [1.82, 2.24) is 9.97 Å². The van der Waals surface area contributed by atoms with Gasteiger partial charge in [-0.15, -0.1) is 11.3 Å². The summed E-state index contributed by atoms with van der Waals surface area (Å²) in [5, 5.41) is 0.577. The molecule has 0 saturated heterocycles. The second-order valence-electron chi connectivity index (χ2n) is 4.40. The third kappa shape index (κ3) is 2.50. The van der Waals surface area contributed by atoms with Crippen molar-refractivity contribution >= 4 is 22.9 Å². The fourth-order valence-electron chi connectivity index (χ4n) is 1.87. The predicted octanol–water partition coefficient (Wildman–Crippen LogP) is 4.60. The first kappa shape index (κ1) is 12.5. The van der Waals surface area contributed by atoms with Crippen LogP contribution in [0.5, 0.6) is 0 Å². The zero-order valence-corrected chi connectivity index (χ0v) is 12.0. The van der Waals surface area contributed by atoms with Crippen LogP contribution in [-0.4, -0.2) is 9.97 Å². The molecule has 0 atom stereocenters. The average Bonchev–Trinajstić information content (AvgIpc) is 2.63. The Hall–Kier alpha value is -0.930. The lowest BCUT2D eigenvalue weighted by molar-refractivity contribution is 0.831. The standard InChI is InChI=1S/C13H15ClN2S/c1-7(2)11-9(4)15-13(16-12(11)14)10-6-5-8(3)17-10/h5-7H,1-4H3. The number of aryl methyl sites for hydroxylation is 2. The van der Waals surface area contributed by atoms with Gasteiger partial charge in [0.25, 0.3) is 0 Å². The molecule has 0 fully saturated rings. The van der Waals surface area contributed by atoms with Crippen LogP contribution in [0.4, 0.5) is 0 Å². The third-order valence-corrected chi connectivity index (χ3v) is 3.91. The van der Waals surface area contributed by atoms with Crippen LogP contribution in [0.15, 0.2) is 12.1 Å². The number of rotatable bonds is 2. The highest BCUT2D eigenvalue weighted by Crippen LogP contribution is 2.30. The Balaban J connectivity index is 2.52. The fourth-order valence-corrected chi connectivity index (χ4v) is 3.10. The highest BCUT2D eigenvalue weighted by Gasteiger charge is 2.14. The molecule has 0 aliphatic rings. The molecule has 0 radical (unpaired) electrons. The molecule has 0 unspecified atom stereocenters. The van der Waals surface area contributed by atoms with E-state index in [1.807, 2.05) is 13.0 Å². The maximum atomic E-state index is 6.24. The van der Waals surface area contributed by atoms with Gasteiger partial charge in [-0.2, -0.15) is 0 Å². The third-order valence-electron chi connectivity index (χ3n) is 2.63. The molecule has 2 aromatic rings. The molecule has 2 rings (SSSR count). The number of thiophene rings is 1. The monoisotopic (exact) mass is 266 g/mol. The zero-order valence-electron chi connectivity index (χ0n) is 10.4. The molecule has 2 nitrogen and oxygen atoms in total. The summed E-state index contributed by atoms with van der Waals surface area (Å²) in [5.74, 6) is 1.08. The van der Waals surface area contributed by atoms with E-state index in [2.05, 4.69) is 36.8 Å². The number of hydrogen-bond donors (Lipinski definition) is 0. The van der Waals surface area contributed by atoms with Crippen LogP contribution < -0.4 is 0 Å². The normalized spacial score (nSPS) is 11.2. The van der Waals surface area contributed by atoms with E-state index in [1.54, 1.807) is 11.3 Å². The van der Waals surface area contributed by atoms with E-state index in [0.717, 1.165) is 22.0 Å². The fraction of sp³-hybridized carbons (Fsp3) is 0.385. The van der Waals surface area contributed by atoms with Gasteiger partial charge in [0.05, 0.1) is 4.88 Å². The van der Waals surface area contributed by atoms with Gasteiger partial charge in [-0.3, -0.25) is 0 Å². The molecule has 17 heavy (non-hydrogen) atoms. The Morgan fingerprint density at radius 1 is 1.18 bits per heavy atom. The zero-order chi connectivity index (χ0) is 12.6. The van der Waals surface area contributed by atoms with Crippen LogP contribution in [0.3, 0.4) is 0 Å². The molecule has 0 bridgehead atoms. The molecule has 0 aromatic carbocycles. The Morgan fingerprint density at radius 2 is 1.88 bits per heavy atom. The summed E-state index contributed by atoms with van der Waals surface area (Å²) in [4.78, 5) is 11.3. The highest BCUT2D eigenvalue weighted by atomic mass is 35.5. The minimum Gasteiger partial charge on any atom is -0.232 e. The van der Waals surface area contributed by atoms with Crippen molar-refractivity contribution in [2.24, 2.45) is 0 Å². The molecular weight excluding hydrogens is 252 g/mol. The predicted molar refractivity (Wildman–Crippen MR) is 73.9 cm³/mol. The van der Waals surface area contributed by atoms with Gasteiger partial charge >= 0.3 is 0 Å². The van der Waals surface area contributed by atoms with Crippen molar-refractivity contribution in [2.75, 3.05) is 0 Å². The van der Waals surface area contributed by atoms with Crippen molar-refractivity contribution < 1.29 is 0 Å². The van der Waals surface area contributed by atoms with Gasteiger partial charge in [-0.1, -0.05) is 25.4 Å². The minimum atomic E-state index is 0.349. The number of hydrogen-bond acceptors (Lipinski definition) is 3.